The van der Waals surface area contributed by atoms with Crippen molar-refractivity contribution in [2.24, 2.45) is 5.92 Å². The molecule has 1 aromatic carbocycles. The van der Waals surface area contributed by atoms with Crippen molar-refractivity contribution in [2.75, 3.05) is 6.61 Å². The zero-order valence-corrected chi connectivity index (χ0v) is 16.2. The summed E-state index contributed by atoms with van der Waals surface area (Å²) in [4.78, 5) is 21.0. The van der Waals surface area contributed by atoms with Gasteiger partial charge in [-0.15, -0.1) is 0 Å². The van der Waals surface area contributed by atoms with Gasteiger partial charge in [-0.2, -0.15) is 13.2 Å². The Kier molecular flexibility index (Phi) is 5.32. The highest BCUT2D eigenvalue weighted by Crippen LogP contribution is 2.48. The number of amides is 1. The SMILES string of the molecule is CC(NC(=O)[C@@H]1C[C@H]1c1cnc2ccccc2c1)c1ccc(OCC(F)(F)F)nc1. The van der Waals surface area contributed by atoms with Crippen LogP contribution in [0.1, 0.15) is 36.4 Å². The first-order valence-electron chi connectivity index (χ1n) is 9.61. The number of aromatic nitrogens is 2. The molecule has 8 heteroatoms. The Morgan fingerprint density at radius 2 is 2.00 bits per heavy atom. The average molecular weight is 415 g/mol. The van der Waals surface area contributed by atoms with Crippen molar-refractivity contribution in [3.8, 4) is 5.88 Å². The first kappa shape index (κ1) is 20.1. The van der Waals surface area contributed by atoms with E-state index < -0.39 is 12.8 Å². The molecule has 1 N–H and O–H groups in total. The van der Waals surface area contributed by atoms with Crippen LogP contribution < -0.4 is 10.1 Å². The number of carbonyl (C=O) groups is 1. The van der Waals surface area contributed by atoms with Gasteiger partial charge in [0.15, 0.2) is 6.61 Å². The Morgan fingerprint density at radius 1 is 1.20 bits per heavy atom. The molecule has 0 radical (unpaired) electrons. The van der Waals surface area contributed by atoms with Gasteiger partial charge in [-0.3, -0.25) is 9.78 Å². The van der Waals surface area contributed by atoms with Gasteiger partial charge in [0.25, 0.3) is 0 Å². The predicted octanol–water partition coefficient (Wildman–Crippen LogP) is 4.55. The van der Waals surface area contributed by atoms with E-state index in [1.807, 2.05) is 30.5 Å². The molecule has 156 valence electrons. The van der Waals surface area contributed by atoms with Crippen LogP contribution in [0, 0.1) is 5.92 Å². The average Bonchev–Trinajstić information content (AvgIpc) is 3.53. The van der Waals surface area contributed by atoms with E-state index in [1.165, 1.54) is 12.3 Å². The van der Waals surface area contributed by atoms with Gasteiger partial charge in [-0.25, -0.2) is 4.98 Å². The van der Waals surface area contributed by atoms with Gasteiger partial charge < -0.3 is 10.1 Å². The molecule has 4 rings (SSSR count). The number of fused-ring (bicyclic) bond motifs is 1. The second-order valence-electron chi connectivity index (χ2n) is 7.47. The number of rotatable bonds is 6. The van der Waals surface area contributed by atoms with Crippen molar-refractivity contribution in [2.45, 2.75) is 31.5 Å². The molecule has 0 spiro atoms. The molecule has 3 aromatic rings. The Labute approximate surface area is 171 Å². The molecule has 1 saturated carbocycles. The third kappa shape index (κ3) is 4.69. The minimum Gasteiger partial charge on any atom is -0.468 e. The summed E-state index contributed by atoms with van der Waals surface area (Å²) in [6, 6.07) is 12.6. The maximum absolute atomic E-state index is 12.6. The maximum Gasteiger partial charge on any atom is 0.422 e. The molecule has 1 fully saturated rings. The minimum absolute atomic E-state index is 0.0574. The van der Waals surface area contributed by atoms with Crippen LogP contribution in [0.4, 0.5) is 13.2 Å². The number of ether oxygens (including phenoxy) is 1. The highest BCUT2D eigenvalue weighted by Gasteiger charge is 2.44. The lowest BCUT2D eigenvalue weighted by molar-refractivity contribution is -0.154. The Hall–Kier alpha value is -3.16. The number of nitrogens with one attached hydrogen (secondary N) is 1. The molecule has 5 nitrogen and oxygen atoms in total. The van der Waals surface area contributed by atoms with Crippen molar-refractivity contribution >= 4 is 16.8 Å². The van der Waals surface area contributed by atoms with Crippen LogP contribution in [0.3, 0.4) is 0 Å². The zero-order chi connectivity index (χ0) is 21.3. The standard InChI is InChI=1S/C22H20F3N3O2/c1-13(15-6-7-20(27-10-15)30-12-22(23,24)25)28-21(29)18-9-17(18)16-8-14-4-2-3-5-19(14)26-11-16/h2-8,10-11,13,17-18H,9,12H2,1H3,(H,28,29)/t13?,17-,18+/m0/s1. The molecule has 0 aliphatic heterocycles. The van der Waals surface area contributed by atoms with Gasteiger partial charge in [0.05, 0.1) is 11.6 Å². The normalized spacial score (nSPS) is 19.3. The van der Waals surface area contributed by atoms with Crippen LogP contribution in [0.2, 0.25) is 0 Å². The lowest BCUT2D eigenvalue weighted by Crippen LogP contribution is -2.28. The van der Waals surface area contributed by atoms with Crippen LogP contribution in [0.15, 0.2) is 54.9 Å². The van der Waals surface area contributed by atoms with E-state index in [-0.39, 0.29) is 29.7 Å². The highest BCUT2D eigenvalue weighted by atomic mass is 19.4. The first-order chi connectivity index (χ1) is 14.3. The third-order valence-electron chi connectivity index (χ3n) is 5.17. The minimum atomic E-state index is -4.41. The van der Waals surface area contributed by atoms with E-state index in [4.69, 9.17) is 0 Å². The van der Waals surface area contributed by atoms with Crippen LogP contribution in [-0.2, 0) is 4.79 Å². The molecule has 1 unspecified atom stereocenters. The summed E-state index contributed by atoms with van der Waals surface area (Å²) in [7, 11) is 0. The number of para-hydroxylation sites is 1. The van der Waals surface area contributed by atoms with E-state index in [0.717, 1.165) is 22.9 Å². The van der Waals surface area contributed by atoms with E-state index in [0.29, 0.717) is 5.56 Å². The fourth-order valence-electron chi connectivity index (χ4n) is 3.44. The van der Waals surface area contributed by atoms with Crippen molar-refractivity contribution in [3.63, 3.8) is 0 Å². The molecule has 30 heavy (non-hydrogen) atoms. The number of pyridine rings is 2. The molecule has 3 atom stereocenters. The topological polar surface area (TPSA) is 64.1 Å². The summed E-state index contributed by atoms with van der Waals surface area (Å²) < 4.78 is 41.2. The van der Waals surface area contributed by atoms with Crippen molar-refractivity contribution in [1.82, 2.24) is 15.3 Å². The smallest absolute Gasteiger partial charge is 0.422 e. The Bertz CT molecular complexity index is 1050. The molecule has 0 bridgehead atoms. The summed E-state index contributed by atoms with van der Waals surface area (Å²) in [5.74, 6) is -0.137. The van der Waals surface area contributed by atoms with Gasteiger partial charge in [0.1, 0.15) is 0 Å². The molecule has 1 amide bonds. The summed E-state index contributed by atoms with van der Waals surface area (Å²) in [5, 5.41) is 4.00. The molecular formula is C22H20F3N3O2. The zero-order valence-electron chi connectivity index (χ0n) is 16.2. The number of carbonyl (C=O) groups excluding carboxylic acids is 1. The van der Waals surface area contributed by atoms with E-state index >= 15 is 0 Å². The predicted molar refractivity (Wildman–Crippen MR) is 105 cm³/mol. The molecule has 1 aliphatic carbocycles. The van der Waals surface area contributed by atoms with Gasteiger partial charge in [-0.05, 0) is 42.5 Å². The van der Waals surface area contributed by atoms with Gasteiger partial charge in [0.2, 0.25) is 11.8 Å². The van der Waals surface area contributed by atoms with Crippen molar-refractivity contribution in [1.29, 1.82) is 0 Å². The number of benzene rings is 1. The largest absolute Gasteiger partial charge is 0.468 e. The van der Waals surface area contributed by atoms with E-state index in [9.17, 15) is 18.0 Å². The maximum atomic E-state index is 12.6. The second-order valence-corrected chi connectivity index (χ2v) is 7.47. The van der Waals surface area contributed by atoms with E-state index in [2.05, 4.69) is 26.1 Å². The molecule has 1 aliphatic rings. The molecule has 2 heterocycles. The van der Waals surface area contributed by atoms with Crippen molar-refractivity contribution in [3.05, 3.63) is 66.0 Å². The lowest BCUT2D eigenvalue weighted by Gasteiger charge is -2.15. The van der Waals surface area contributed by atoms with Crippen LogP contribution >= 0.6 is 0 Å². The van der Waals surface area contributed by atoms with Crippen LogP contribution in [-0.4, -0.2) is 28.7 Å². The molecular weight excluding hydrogens is 395 g/mol. The molecule has 0 saturated heterocycles. The number of hydrogen-bond donors (Lipinski definition) is 1. The monoisotopic (exact) mass is 415 g/mol. The fraction of sp³-hybridized carbons (Fsp3) is 0.318. The Balaban J connectivity index is 1.33. The number of hydrogen-bond acceptors (Lipinski definition) is 4. The van der Waals surface area contributed by atoms with Gasteiger partial charge in [0, 0.05) is 29.8 Å². The highest BCUT2D eigenvalue weighted by molar-refractivity contribution is 5.84. The van der Waals surface area contributed by atoms with E-state index in [1.54, 1.807) is 13.0 Å². The summed E-state index contributed by atoms with van der Waals surface area (Å²) >= 11 is 0. The lowest BCUT2D eigenvalue weighted by atomic mass is 10.1. The van der Waals surface area contributed by atoms with Gasteiger partial charge in [-0.1, -0.05) is 24.3 Å². The number of alkyl halides is 3. The summed E-state index contributed by atoms with van der Waals surface area (Å²) in [5.41, 5.74) is 2.66. The Morgan fingerprint density at radius 3 is 2.73 bits per heavy atom. The van der Waals surface area contributed by atoms with Crippen LogP contribution in [0.25, 0.3) is 10.9 Å². The number of halogens is 3. The summed E-state index contributed by atoms with van der Waals surface area (Å²) in [6.07, 6.45) is -0.411. The summed E-state index contributed by atoms with van der Waals surface area (Å²) in [6.45, 7) is 0.415. The second kappa shape index (κ2) is 7.93. The number of nitrogens with zero attached hydrogens (tertiary/aromatic N) is 2. The molecule has 2 aromatic heterocycles. The fourth-order valence-corrected chi connectivity index (χ4v) is 3.44. The van der Waals surface area contributed by atoms with Gasteiger partial charge >= 0.3 is 6.18 Å². The third-order valence-corrected chi connectivity index (χ3v) is 5.17. The van der Waals surface area contributed by atoms with Crippen LogP contribution in [0.5, 0.6) is 5.88 Å². The first-order valence-corrected chi connectivity index (χ1v) is 9.61. The van der Waals surface area contributed by atoms with Crippen molar-refractivity contribution < 1.29 is 22.7 Å². The quantitative estimate of drug-likeness (QED) is 0.642.